The number of hydrogen-bond donors (Lipinski definition) is 1. The van der Waals surface area contributed by atoms with Crippen LogP contribution in [0.1, 0.15) is 18.1 Å². The van der Waals surface area contributed by atoms with Gasteiger partial charge in [0.2, 0.25) is 0 Å². The third-order valence-electron chi connectivity index (χ3n) is 5.37. The van der Waals surface area contributed by atoms with Gasteiger partial charge in [0.15, 0.2) is 5.96 Å². The maximum atomic E-state index is 6.12. The lowest BCUT2D eigenvalue weighted by Gasteiger charge is -2.29. The number of morpholine rings is 1. The topological polar surface area (TPSA) is 49.3 Å². The summed E-state index contributed by atoms with van der Waals surface area (Å²) < 4.78 is 11.1. The molecule has 0 aromatic heterocycles. The van der Waals surface area contributed by atoms with E-state index in [1.165, 1.54) is 6.42 Å². The van der Waals surface area contributed by atoms with Crippen LogP contribution >= 0.6 is 35.6 Å². The third-order valence-corrected chi connectivity index (χ3v) is 5.60. The summed E-state index contributed by atoms with van der Waals surface area (Å²) in [5.41, 5.74) is 1.07. The summed E-state index contributed by atoms with van der Waals surface area (Å²) >= 11 is 6.12. The summed E-state index contributed by atoms with van der Waals surface area (Å²) in [6.45, 7) is 7.74. The van der Waals surface area contributed by atoms with Gasteiger partial charge in [0.05, 0.1) is 19.3 Å². The molecule has 0 bridgehead atoms. The number of rotatable bonds is 6. The zero-order chi connectivity index (χ0) is 19.1. The molecule has 2 atom stereocenters. The maximum absolute atomic E-state index is 6.12. The van der Waals surface area contributed by atoms with Gasteiger partial charge in [-0.05, 0) is 30.0 Å². The quantitative estimate of drug-likeness (QED) is 0.354. The van der Waals surface area contributed by atoms with Crippen LogP contribution in [0.3, 0.4) is 0 Å². The SMILES string of the molecule is CN=C(NCC(OC)c1cccc(Cl)c1)N1CCC(CN2CCOCC2)C1.I. The highest BCUT2D eigenvalue weighted by Gasteiger charge is 2.27. The number of ether oxygens (including phenoxy) is 2. The Balaban J connectivity index is 0.00000280. The zero-order valence-electron chi connectivity index (χ0n) is 16.8. The lowest BCUT2D eigenvalue weighted by atomic mass is 10.1. The molecule has 0 radical (unpaired) electrons. The molecule has 2 unspecified atom stereocenters. The van der Waals surface area contributed by atoms with Crippen molar-refractivity contribution < 1.29 is 9.47 Å². The summed E-state index contributed by atoms with van der Waals surface area (Å²) in [5, 5.41) is 4.21. The van der Waals surface area contributed by atoms with E-state index in [0.29, 0.717) is 12.5 Å². The summed E-state index contributed by atoms with van der Waals surface area (Å²) in [5.74, 6) is 1.64. The van der Waals surface area contributed by atoms with Gasteiger partial charge in [-0.15, -0.1) is 24.0 Å². The molecule has 2 saturated heterocycles. The summed E-state index contributed by atoms with van der Waals surface area (Å²) in [6.07, 6.45) is 1.15. The fourth-order valence-corrected chi connectivity index (χ4v) is 4.08. The lowest BCUT2D eigenvalue weighted by molar-refractivity contribution is 0.0315. The molecule has 1 aromatic rings. The smallest absolute Gasteiger partial charge is 0.193 e. The van der Waals surface area contributed by atoms with Crippen LogP contribution in [0.25, 0.3) is 0 Å². The number of aliphatic imine (C=N–C) groups is 1. The van der Waals surface area contributed by atoms with Crippen LogP contribution in [0, 0.1) is 5.92 Å². The van der Waals surface area contributed by atoms with E-state index < -0.39 is 0 Å². The van der Waals surface area contributed by atoms with E-state index in [1.54, 1.807) is 7.11 Å². The Kier molecular flexibility index (Phi) is 10.3. The van der Waals surface area contributed by atoms with Gasteiger partial charge in [0.25, 0.3) is 0 Å². The number of nitrogens with one attached hydrogen (secondary N) is 1. The van der Waals surface area contributed by atoms with E-state index in [2.05, 4.69) is 20.1 Å². The molecule has 28 heavy (non-hydrogen) atoms. The molecule has 0 spiro atoms. The number of likely N-dealkylation sites (tertiary alicyclic amines) is 1. The van der Waals surface area contributed by atoms with Crippen LogP contribution in [-0.4, -0.2) is 82.4 Å². The number of guanidine groups is 1. The first-order valence-corrected chi connectivity index (χ1v) is 10.1. The van der Waals surface area contributed by atoms with E-state index in [0.717, 1.165) is 62.5 Å². The molecule has 0 amide bonds. The third kappa shape index (κ3) is 6.73. The number of nitrogens with zero attached hydrogens (tertiary/aromatic N) is 3. The molecule has 3 rings (SSSR count). The number of halogens is 2. The van der Waals surface area contributed by atoms with Crippen molar-refractivity contribution in [2.24, 2.45) is 10.9 Å². The first-order chi connectivity index (χ1) is 13.2. The Bertz CT molecular complexity index is 628. The molecule has 1 N–H and O–H groups in total. The number of benzene rings is 1. The van der Waals surface area contributed by atoms with E-state index in [-0.39, 0.29) is 30.1 Å². The van der Waals surface area contributed by atoms with Crippen LogP contribution in [0.2, 0.25) is 5.02 Å². The van der Waals surface area contributed by atoms with Crippen molar-refractivity contribution in [3.8, 4) is 0 Å². The van der Waals surface area contributed by atoms with Gasteiger partial charge in [-0.1, -0.05) is 23.7 Å². The predicted molar refractivity (Wildman–Crippen MR) is 125 cm³/mol. The highest BCUT2D eigenvalue weighted by atomic mass is 127. The second-order valence-corrected chi connectivity index (χ2v) is 7.66. The Labute approximate surface area is 190 Å². The average molecular weight is 523 g/mol. The molecule has 2 aliphatic rings. The van der Waals surface area contributed by atoms with Crippen LogP contribution in [-0.2, 0) is 9.47 Å². The highest BCUT2D eigenvalue weighted by molar-refractivity contribution is 14.0. The lowest BCUT2D eigenvalue weighted by Crippen LogP contribution is -2.43. The average Bonchev–Trinajstić information content (AvgIpc) is 3.14. The second-order valence-electron chi connectivity index (χ2n) is 7.22. The summed E-state index contributed by atoms with van der Waals surface area (Å²) in [6, 6.07) is 7.82. The van der Waals surface area contributed by atoms with Crippen molar-refractivity contribution >= 4 is 41.5 Å². The minimum Gasteiger partial charge on any atom is -0.379 e. The largest absolute Gasteiger partial charge is 0.379 e. The van der Waals surface area contributed by atoms with Crippen LogP contribution in [0.4, 0.5) is 0 Å². The summed E-state index contributed by atoms with van der Waals surface area (Å²) in [7, 11) is 3.57. The molecule has 158 valence electrons. The Morgan fingerprint density at radius 2 is 2.14 bits per heavy atom. The molecule has 8 heteroatoms. The predicted octanol–water partition coefficient (Wildman–Crippen LogP) is 2.88. The van der Waals surface area contributed by atoms with Crippen LogP contribution in [0.5, 0.6) is 0 Å². The van der Waals surface area contributed by atoms with E-state index in [9.17, 15) is 0 Å². The zero-order valence-corrected chi connectivity index (χ0v) is 19.9. The molecule has 2 aliphatic heterocycles. The molecular formula is C20H32ClIN4O2. The van der Waals surface area contributed by atoms with Gasteiger partial charge < -0.3 is 19.7 Å². The fourth-order valence-electron chi connectivity index (χ4n) is 3.88. The Morgan fingerprint density at radius 3 is 2.82 bits per heavy atom. The fraction of sp³-hybridized carbons (Fsp3) is 0.650. The second kappa shape index (κ2) is 12.2. The van der Waals surface area contributed by atoms with E-state index in [1.807, 2.05) is 31.3 Å². The van der Waals surface area contributed by atoms with Gasteiger partial charge in [0.1, 0.15) is 0 Å². The summed E-state index contributed by atoms with van der Waals surface area (Å²) in [4.78, 5) is 9.36. The first-order valence-electron chi connectivity index (χ1n) is 9.73. The number of hydrogen-bond acceptors (Lipinski definition) is 4. The molecule has 1 aromatic carbocycles. The molecule has 2 heterocycles. The van der Waals surface area contributed by atoms with E-state index >= 15 is 0 Å². The highest BCUT2D eigenvalue weighted by Crippen LogP contribution is 2.21. The normalized spacial score (nSPS) is 22.0. The van der Waals surface area contributed by atoms with Crippen molar-refractivity contribution in [3.05, 3.63) is 34.9 Å². The van der Waals surface area contributed by atoms with Gasteiger partial charge in [0, 0.05) is 58.4 Å². The van der Waals surface area contributed by atoms with Gasteiger partial charge in [-0.25, -0.2) is 0 Å². The minimum absolute atomic E-state index is 0. The standard InChI is InChI=1S/C20H31ClN4O2.HI/c1-22-20(23-13-19(26-2)17-4-3-5-18(21)12-17)25-7-6-16(15-25)14-24-8-10-27-11-9-24;/h3-5,12,16,19H,6-11,13-15H2,1-2H3,(H,22,23);1H. The first kappa shape index (κ1) is 23.7. The van der Waals surface area contributed by atoms with Crippen molar-refractivity contribution in [1.82, 2.24) is 15.1 Å². The molecule has 0 saturated carbocycles. The van der Waals surface area contributed by atoms with Crippen molar-refractivity contribution in [2.75, 3.05) is 66.6 Å². The van der Waals surface area contributed by atoms with Gasteiger partial charge >= 0.3 is 0 Å². The van der Waals surface area contributed by atoms with Crippen LogP contribution < -0.4 is 5.32 Å². The van der Waals surface area contributed by atoms with Crippen molar-refractivity contribution in [2.45, 2.75) is 12.5 Å². The van der Waals surface area contributed by atoms with Crippen LogP contribution in [0.15, 0.2) is 29.3 Å². The van der Waals surface area contributed by atoms with Gasteiger partial charge in [-0.3, -0.25) is 9.89 Å². The molecule has 6 nitrogen and oxygen atoms in total. The number of methoxy groups -OCH3 is 1. The Hall–Kier alpha value is -0.610. The van der Waals surface area contributed by atoms with Crippen molar-refractivity contribution in [3.63, 3.8) is 0 Å². The van der Waals surface area contributed by atoms with Crippen molar-refractivity contribution in [1.29, 1.82) is 0 Å². The monoisotopic (exact) mass is 522 g/mol. The Morgan fingerprint density at radius 1 is 1.36 bits per heavy atom. The van der Waals surface area contributed by atoms with Gasteiger partial charge in [-0.2, -0.15) is 0 Å². The minimum atomic E-state index is -0.0628. The molecular weight excluding hydrogens is 491 g/mol. The molecule has 0 aliphatic carbocycles. The molecule has 2 fully saturated rings. The van der Waals surface area contributed by atoms with E-state index in [4.69, 9.17) is 21.1 Å². The maximum Gasteiger partial charge on any atom is 0.193 e.